The summed E-state index contributed by atoms with van der Waals surface area (Å²) in [5, 5.41) is 9.21. The molecule has 21 rings (SSSR count). The number of benzene rings is 14. The van der Waals surface area contributed by atoms with Crippen LogP contribution in [-0.4, -0.2) is 65.8 Å². The van der Waals surface area contributed by atoms with Gasteiger partial charge in [-0.05, 0) is 112 Å². The zero-order chi connectivity index (χ0) is 74.0. The van der Waals surface area contributed by atoms with E-state index in [9.17, 15) is 0 Å². The first-order chi connectivity index (χ1) is 53.9. The molecule has 1 saturated heterocycles. The van der Waals surface area contributed by atoms with Gasteiger partial charge < -0.3 is 27.3 Å². The molecule has 0 unspecified atom stereocenters. The highest BCUT2D eigenvalue weighted by atomic mass is 79.9. The molecule has 1 aliphatic rings. The lowest BCUT2D eigenvalue weighted by molar-refractivity contribution is 0.00578. The van der Waals surface area contributed by atoms with Gasteiger partial charge in [0.05, 0.1) is 33.3 Å². The first-order valence-corrected chi connectivity index (χ1v) is 37.6. The Balaban J connectivity index is 0.000000128. The van der Waals surface area contributed by atoms with Gasteiger partial charge in [0.25, 0.3) is 0 Å². The summed E-state index contributed by atoms with van der Waals surface area (Å²) in [4.78, 5) is 29.0. The molecule has 0 N–H and O–H groups in total. The summed E-state index contributed by atoms with van der Waals surface area (Å²) in [6, 6.07) is 116. The number of nitrogens with zero attached hydrogens (tertiary/aromatic N) is 8. The molecule has 0 atom stereocenters. The van der Waals surface area contributed by atoms with Gasteiger partial charge in [-0.15, -0.1) is 0 Å². The highest BCUT2D eigenvalue weighted by Gasteiger charge is 2.53. The van der Waals surface area contributed by atoms with E-state index in [1.54, 1.807) is 0 Å². The zero-order valence-electron chi connectivity index (χ0n) is 61.1. The maximum atomic E-state index is 6.63. The Bertz CT molecular complexity index is 6670. The van der Waals surface area contributed by atoms with Crippen LogP contribution in [0.3, 0.4) is 0 Å². The SMILES string of the molecule is Brc1cccc(-c2nc(-c3ccccc3)nc(-c3ccccc3)n2)c1.C.CC1(C)OB(c2cc(-n3c4ccccc4c4ccccc43)cc3c2oc2ccccc23)OC1(C)C.[B].c1ccc(-c2nc(-c3ccccc3)nc(-c3cccc(-c4cc(-n5c6ccccc6c6ccccc65)cc5c4oc4ccccc45)c3)n2)cc1. The molecule has 3 radical (unpaired) electrons. The summed E-state index contributed by atoms with van der Waals surface area (Å²) in [6.07, 6.45) is 0. The van der Waals surface area contributed by atoms with Crippen LogP contribution >= 0.6 is 15.9 Å². The Morgan fingerprint density at radius 1 is 0.286 bits per heavy atom. The number of hydrogen-bond donors (Lipinski definition) is 0. The summed E-state index contributed by atoms with van der Waals surface area (Å²) >= 11 is 3.52. The van der Waals surface area contributed by atoms with Gasteiger partial charge in [0.1, 0.15) is 22.3 Å². The summed E-state index contributed by atoms with van der Waals surface area (Å²) in [5.74, 6) is 3.88. The van der Waals surface area contributed by atoms with Crippen molar-refractivity contribution in [2.45, 2.75) is 46.3 Å². The summed E-state index contributed by atoms with van der Waals surface area (Å²) in [5.41, 5.74) is 17.9. The van der Waals surface area contributed by atoms with Gasteiger partial charge in [-0.2, -0.15) is 0 Å². The molecule has 20 aromatic rings. The average Bonchev–Trinajstić information content (AvgIpc) is 1.57. The van der Waals surface area contributed by atoms with Gasteiger partial charge >= 0.3 is 7.12 Å². The summed E-state index contributed by atoms with van der Waals surface area (Å²) in [7, 11) is -0.531. The van der Waals surface area contributed by atoms with Gasteiger partial charge in [0.15, 0.2) is 34.9 Å². The van der Waals surface area contributed by atoms with E-state index >= 15 is 0 Å². The lowest BCUT2D eigenvalue weighted by Gasteiger charge is -2.32. The van der Waals surface area contributed by atoms with E-state index in [0.29, 0.717) is 34.9 Å². The van der Waals surface area contributed by atoms with Crippen LogP contribution < -0.4 is 5.46 Å². The number of hydrogen-bond acceptors (Lipinski definition) is 10. The largest absolute Gasteiger partial charge is 0.498 e. The second-order valence-corrected chi connectivity index (χ2v) is 29.4. The molecule has 12 nitrogen and oxygen atoms in total. The minimum absolute atomic E-state index is 0. The number of halogens is 1. The van der Waals surface area contributed by atoms with E-state index in [0.717, 1.165) is 121 Å². The van der Waals surface area contributed by atoms with Crippen molar-refractivity contribution >= 4 is 124 Å². The molecular formula is C97H72B2BrN8O4. The molecular weight excluding hydrogens is 1440 g/mol. The van der Waals surface area contributed by atoms with Crippen LogP contribution in [0.4, 0.5) is 0 Å². The molecule has 0 bridgehead atoms. The van der Waals surface area contributed by atoms with Crippen molar-refractivity contribution < 1.29 is 18.1 Å². The van der Waals surface area contributed by atoms with E-state index in [2.05, 4.69) is 228 Å². The van der Waals surface area contributed by atoms with Gasteiger partial charge in [-0.1, -0.05) is 284 Å². The van der Waals surface area contributed by atoms with Crippen LogP contribution in [0.25, 0.3) is 178 Å². The molecule has 537 valence electrons. The number of furan rings is 2. The van der Waals surface area contributed by atoms with Crippen LogP contribution in [0.5, 0.6) is 0 Å². The fourth-order valence-corrected chi connectivity index (χ4v) is 15.4. The van der Waals surface area contributed by atoms with Crippen molar-refractivity contribution in [1.29, 1.82) is 0 Å². The Kier molecular flexibility index (Phi) is 19.0. The van der Waals surface area contributed by atoms with E-state index in [-0.39, 0.29) is 15.8 Å². The van der Waals surface area contributed by atoms with E-state index in [1.165, 1.54) is 32.6 Å². The summed E-state index contributed by atoms with van der Waals surface area (Å²) in [6.45, 7) is 8.33. The minimum atomic E-state index is -0.531. The van der Waals surface area contributed by atoms with Crippen LogP contribution in [0, 0.1) is 0 Å². The first kappa shape index (κ1) is 71.7. The minimum Gasteiger partial charge on any atom is -0.456 e. The van der Waals surface area contributed by atoms with Crippen molar-refractivity contribution in [3.8, 4) is 90.8 Å². The van der Waals surface area contributed by atoms with Crippen molar-refractivity contribution in [2.24, 2.45) is 0 Å². The van der Waals surface area contributed by atoms with E-state index in [1.807, 2.05) is 170 Å². The van der Waals surface area contributed by atoms with E-state index < -0.39 is 18.3 Å². The topological polar surface area (TPSA) is 132 Å². The Morgan fingerprint density at radius 2 is 0.589 bits per heavy atom. The normalized spacial score (nSPS) is 13.0. The van der Waals surface area contributed by atoms with Crippen LogP contribution in [-0.2, 0) is 9.31 Å². The molecule has 1 fully saturated rings. The zero-order valence-corrected chi connectivity index (χ0v) is 62.7. The molecule has 112 heavy (non-hydrogen) atoms. The highest BCUT2D eigenvalue weighted by Crippen LogP contribution is 2.44. The number of aromatic nitrogens is 8. The van der Waals surface area contributed by atoms with Crippen molar-refractivity contribution in [3.63, 3.8) is 0 Å². The molecule has 0 saturated carbocycles. The second-order valence-electron chi connectivity index (χ2n) is 28.5. The Hall–Kier alpha value is -13.2. The molecule has 7 heterocycles. The standard InChI is InChI=1S/C45H28N4O.C30H26BNO3.C21H14BrN3.CH4.B/c1-3-14-29(15-4-1)43-46-44(30-16-5-2-6-17-30)48-45(47-43)32-19-13-18-31(26-32)37-27-33(28-38-36-22-9-12-25-41(36)50-42(37)38)49-39-23-10-7-20-34(39)35-21-8-11-24-40(35)49;1-29(2)30(3,4)35-31(34-29)24-18-19(17-23-22-13-7-10-16-27(22)33-28(23)24)32-25-14-8-5-11-20(25)21-12-6-9-15-26(21)32;22-18-13-7-12-17(14-18)21-24-19(15-8-3-1-4-9-15)23-20(25-21)16-10-5-2-6-11-16;;/h1-28H;5-18H,1-4H3;1-14H;1H4;. The first-order valence-electron chi connectivity index (χ1n) is 36.8. The Labute approximate surface area is 658 Å². The average molecular weight is 1520 g/mol. The van der Waals surface area contributed by atoms with Gasteiger partial charge in [-0.3, -0.25) is 0 Å². The van der Waals surface area contributed by atoms with Gasteiger partial charge in [-0.25, -0.2) is 29.9 Å². The van der Waals surface area contributed by atoms with Crippen LogP contribution in [0.15, 0.2) is 353 Å². The third-order valence-electron chi connectivity index (χ3n) is 21.1. The second kappa shape index (κ2) is 29.7. The molecule has 1 aliphatic heterocycles. The molecule has 0 amide bonds. The predicted octanol–water partition coefficient (Wildman–Crippen LogP) is 24.4. The predicted molar refractivity (Wildman–Crippen MR) is 463 cm³/mol. The van der Waals surface area contributed by atoms with Crippen molar-refractivity contribution in [1.82, 2.24) is 39.0 Å². The molecule has 0 aliphatic carbocycles. The molecule has 15 heteroatoms. The lowest BCUT2D eigenvalue weighted by atomic mass is 9.77. The Morgan fingerprint density at radius 3 is 0.991 bits per heavy atom. The van der Waals surface area contributed by atoms with Gasteiger partial charge in [0.2, 0.25) is 0 Å². The monoisotopic (exact) mass is 1510 g/mol. The third kappa shape index (κ3) is 13.2. The third-order valence-corrected chi connectivity index (χ3v) is 21.5. The summed E-state index contributed by atoms with van der Waals surface area (Å²) < 4.78 is 31.8. The maximum Gasteiger partial charge on any atom is 0.498 e. The number of para-hydroxylation sites is 6. The molecule has 0 spiro atoms. The smallest absolute Gasteiger partial charge is 0.456 e. The lowest BCUT2D eigenvalue weighted by Crippen LogP contribution is -2.41. The van der Waals surface area contributed by atoms with E-state index in [4.69, 9.17) is 43.1 Å². The fraction of sp³-hybridized carbons (Fsp3) is 0.0722. The van der Waals surface area contributed by atoms with Gasteiger partial charge in [0, 0.05) is 112 Å². The fourth-order valence-electron chi connectivity index (χ4n) is 15.0. The van der Waals surface area contributed by atoms with Crippen molar-refractivity contribution in [2.75, 3.05) is 0 Å². The quantitative estimate of drug-likeness (QED) is 0.122. The highest BCUT2D eigenvalue weighted by molar-refractivity contribution is 9.10. The van der Waals surface area contributed by atoms with Crippen molar-refractivity contribution in [3.05, 3.63) is 344 Å². The number of fused-ring (bicyclic) bond motifs is 12. The molecule has 14 aromatic carbocycles. The van der Waals surface area contributed by atoms with Crippen LogP contribution in [0.1, 0.15) is 35.1 Å². The van der Waals surface area contributed by atoms with Crippen LogP contribution in [0.2, 0.25) is 0 Å². The molecule has 6 aromatic heterocycles. The number of rotatable bonds is 10. The maximum absolute atomic E-state index is 6.63.